The number of halogens is 1. The van der Waals surface area contributed by atoms with Crippen molar-refractivity contribution < 1.29 is 14.5 Å². The van der Waals surface area contributed by atoms with Crippen LogP contribution in [0.5, 0.6) is 0 Å². The number of hydrogen-bond acceptors (Lipinski definition) is 5. The lowest BCUT2D eigenvalue weighted by molar-refractivity contribution is -0.384. The molecule has 1 aromatic rings. The Balaban J connectivity index is 2.36. The molecule has 0 bridgehead atoms. The van der Waals surface area contributed by atoms with E-state index >= 15 is 0 Å². The highest BCUT2D eigenvalue weighted by Gasteiger charge is 2.34. The van der Waals surface area contributed by atoms with E-state index in [0.29, 0.717) is 18.5 Å². The van der Waals surface area contributed by atoms with Crippen molar-refractivity contribution in [3.05, 3.63) is 43.8 Å². The van der Waals surface area contributed by atoms with E-state index in [0.717, 1.165) is 16.7 Å². The van der Waals surface area contributed by atoms with Gasteiger partial charge in [-0.05, 0) is 30.3 Å². The molecule has 21 heavy (non-hydrogen) atoms. The van der Waals surface area contributed by atoms with Gasteiger partial charge in [-0.1, -0.05) is 18.5 Å². The zero-order valence-electron chi connectivity index (χ0n) is 11.0. The maximum atomic E-state index is 12.1. The van der Waals surface area contributed by atoms with Crippen molar-refractivity contribution in [2.45, 2.75) is 13.3 Å². The van der Waals surface area contributed by atoms with Crippen LogP contribution in [0, 0.1) is 10.1 Å². The Labute approximate surface area is 129 Å². The second-order valence-electron chi connectivity index (χ2n) is 4.30. The molecule has 2 rings (SSSR count). The Morgan fingerprint density at radius 3 is 2.76 bits per heavy atom. The minimum absolute atomic E-state index is 0.126. The predicted octanol–water partition coefficient (Wildman–Crippen LogP) is 3.69. The van der Waals surface area contributed by atoms with Crippen molar-refractivity contribution in [2.24, 2.45) is 0 Å². The molecule has 0 atom stereocenters. The summed E-state index contributed by atoms with van der Waals surface area (Å²) in [6, 6.07) is 3.94. The number of benzene rings is 1. The molecule has 2 amide bonds. The second kappa shape index (κ2) is 6.28. The summed E-state index contributed by atoms with van der Waals surface area (Å²) < 4.78 is 0. The smallest absolute Gasteiger partial charge is 0.268 e. The third-order valence-corrected chi connectivity index (χ3v) is 4.05. The summed E-state index contributed by atoms with van der Waals surface area (Å²) in [4.78, 5) is 35.4. The lowest BCUT2D eigenvalue weighted by atomic mass is 10.2. The molecule has 1 aliphatic heterocycles. The van der Waals surface area contributed by atoms with Gasteiger partial charge in [-0.25, -0.2) is 0 Å². The first kappa shape index (κ1) is 15.5. The van der Waals surface area contributed by atoms with Gasteiger partial charge in [0.25, 0.3) is 16.8 Å². The monoisotopic (exact) mass is 326 g/mol. The van der Waals surface area contributed by atoms with Crippen molar-refractivity contribution >= 4 is 46.3 Å². The van der Waals surface area contributed by atoms with Gasteiger partial charge in [-0.2, -0.15) is 0 Å². The van der Waals surface area contributed by atoms with Crippen molar-refractivity contribution in [2.75, 3.05) is 6.54 Å². The van der Waals surface area contributed by atoms with Gasteiger partial charge in [-0.3, -0.25) is 24.6 Å². The van der Waals surface area contributed by atoms with Crippen LogP contribution >= 0.6 is 23.4 Å². The topological polar surface area (TPSA) is 80.5 Å². The average molecular weight is 327 g/mol. The maximum absolute atomic E-state index is 12.1. The first-order valence-electron chi connectivity index (χ1n) is 6.13. The van der Waals surface area contributed by atoms with Crippen molar-refractivity contribution in [3.63, 3.8) is 0 Å². The Hall–Kier alpha value is -1.86. The van der Waals surface area contributed by atoms with Crippen LogP contribution in [-0.4, -0.2) is 27.5 Å². The molecule has 6 nitrogen and oxygen atoms in total. The number of nitrogens with zero attached hydrogens (tertiary/aromatic N) is 2. The highest BCUT2D eigenvalue weighted by molar-refractivity contribution is 8.18. The standard InChI is InChI=1S/C13H11ClN2O4S/c1-2-5-15-12(17)11(21-13(15)18)7-8-6-9(16(19)20)3-4-10(8)14/h3-4,6-7H,2,5H2,1H3/b11-7+. The summed E-state index contributed by atoms with van der Waals surface area (Å²) in [7, 11) is 0. The van der Waals surface area contributed by atoms with Crippen molar-refractivity contribution in [3.8, 4) is 0 Å². The van der Waals surface area contributed by atoms with Crippen LogP contribution in [0.25, 0.3) is 6.08 Å². The van der Waals surface area contributed by atoms with Crippen LogP contribution in [0.3, 0.4) is 0 Å². The van der Waals surface area contributed by atoms with Gasteiger partial charge in [0.1, 0.15) is 0 Å². The summed E-state index contributed by atoms with van der Waals surface area (Å²) in [5.41, 5.74) is 0.214. The molecule has 0 aromatic heterocycles. The molecule has 1 aliphatic rings. The minimum Gasteiger partial charge on any atom is -0.268 e. The molecule has 1 heterocycles. The lowest BCUT2D eigenvalue weighted by Gasteiger charge is -2.09. The van der Waals surface area contributed by atoms with E-state index < -0.39 is 10.8 Å². The van der Waals surface area contributed by atoms with E-state index in [1.165, 1.54) is 24.3 Å². The minimum atomic E-state index is -0.545. The van der Waals surface area contributed by atoms with Gasteiger partial charge < -0.3 is 0 Å². The maximum Gasteiger partial charge on any atom is 0.293 e. The SMILES string of the molecule is CCCN1C(=O)S/C(=C/c2cc([N+](=O)[O-])ccc2Cl)C1=O. The number of imide groups is 1. The van der Waals surface area contributed by atoms with Gasteiger partial charge in [0.05, 0.1) is 9.83 Å². The summed E-state index contributed by atoms with van der Waals surface area (Å²) in [5, 5.41) is 10.7. The number of thioether (sulfide) groups is 1. The number of hydrogen-bond donors (Lipinski definition) is 0. The number of amides is 2. The van der Waals surface area contributed by atoms with E-state index in [2.05, 4.69) is 0 Å². The first-order valence-corrected chi connectivity index (χ1v) is 7.32. The molecule has 0 unspecified atom stereocenters. The molecule has 1 aromatic carbocycles. The molecule has 8 heteroatoms. The molecule has 0 radical (unpaired) electrons. The average Bonchev–Trinajstić information content (AvgIpc) is 2.69. The Morgan fingerprint density at radius 2 is 2.14 bits per heavy atom. The Morgan fingerprint density at radius 1 is 1.43 bits per heavy atom. The van der Waals surface area contributed by atoms with Gasteiger partial charge in [0.15, 0.2) is 0 Å². The highest BCUT2D eigenvalue weighted by Crippen LogP contribution is 2.34. The summed E-state index contributed by atoms with van der Waals surface area (Å²) >= 11 is 6.78. The first-order chi connectivity index (χ1) is 9.93. The quantitative estimate of drug-likeness (QED) is 0.479. The van der Waals surface area contributed by atoms with E-state index in [-0.39, 0.29) is 20.9 Å². The Bertz CT molecular complexity index is 660. The fraction of sp³-hybridized carbons (Fsp3) is 0.231. The van der Waals surface area contributed by atoms with E-state index in [1.54, 1.807) is 0 Å². The number of nitro groups is 1. The third kappa shape index (κ3) is 3.25. The predicted molar refractivity (Wildman–Crippen MR) is 81.1 cm³/mol. The number of nitro benzene ring substituents is 1. The number of non-ortho nitro benzene ring substituents is 1. The van der Waals surface area contributed by atoms with E-state index in [4.69, 9.17) is 11.6 Å². The summed E-state index contributed by atoms with van der Waals surface area (Å²) in [6.07, 6.45) is 2.08. The van der Waals surface area contributed by atoms with Crippen LogP contribution in [-0.2, 0) is 4.79 Å². The van der Waals surface area contributed by atoms with Crippen LogP contribution in [0.1, 0.15) is 18.9 Å². The van der Waals surface area contributed by atoms with Crippen LogP contribution in [0.2, 0.25) is 5.02 Å². The zero-order valence-corrected chi connectivity index (χ0v) is 12.6. The molecule has 1 fully saturated rings. The van der Waals surface area contributed by atoms with Crippen molar-refractivity contribution in [1.29, 1.82) is 0 Å². The highest BCUT2D eigenvalue weighted by atomic mass is 35.5. The van der Waals surface area contributed by atoms with Gasteiger partial charge in [0, 0.05) is 29.3 Å². The molecule has 1 saturated heterocycles. The number of carbonyl (C=O) groups is 2. The van der Waals surface area contributed by atoms with Crippen LogP contribution in [0.15, 0.2) is 23.1 Å². The fourth-order valence-electron chi connectivity index (χ4n) is 1.81. The molecule has 0 aliphatic carbocycles. The van der Waals surface area contributed by atoms with Gasteiger partial charge in [0.2, 0.25) is 0 Å². The van der Waals surface area contributed by atoms with Crippen LogP contribution in [0.4, 0.5) is 10.5 Å². The third-order valence-electron chi connectivity index (χ3n) is 2.80. The molecule has 110 valence electrons. The molecular formula is C13H11ClN2O4S. The van der Waals surface area contributed by atoms with Crippen LogP contribution < -0.4 is 0 Å². The normalized spacial score (nSPS) is 16.9. The molecular weight excluding hydrogens is 316 g/mol. The van der Waals surface area contributed by atoms with E-state index in [9.17, 15) is 19.7 Å². The molecule has 0 N–H and O–H groups in total. The summed E-state index contributed by atoms with van der Waals surface area (Å²) in [5.74, 6) is -0.394. The largest absolute Gasteiger partial charge is 0.293 e. The molecule has 0 saturated carbocycles. The van der Waals surface area contributed by atoms with Crippen molar-refractivity contribution in [1.82, 2.24) is 4.90 Å². The number of rotatable bonds is 4. The van der Waals surface area contributed by atoms with Gasteiger partial charge in [-0.15, -0.1) is 0 Å². The lowest BCUT2D eigenvalue weighted by Crippen LogP contribution is -2.28. The molecule has 0 spiro atoms. The second-order valence-corrected chi connectivity index (χ2v) is 5.70. The Kier molecular flexibility index (Phi) is 4.64. The summed E-state index contributed by atoms with van der Waals surface area (Å²) in [6.45, 7) is 2.22. The van der Waals surface area contributed by atoms with Gasteiger partial charge >= 0.3 is 0 Å². The zero-order chi connectivity index (χ0) is 15.6. The fourth-order valence-corrected chi connectivity index (χ4v) is 2.84. The van der Waals surface area contributed by atoms with E-state index in [1.807, 2.05) is 6.92 Å². The number of carbonyl (C=O) groups excluding carboxylic acids is 2.